The number of hydrogen-bond donors (Lipinski definition) is 1. The Morgan fingerprint density at radius 2 is 1.73 bits per heavy atom. The lowest BCUT2D eigenvalue weighted by Crippen LogP contribution is -2.36. The lowest BCUT2D eigenvalue weighted by Gasteiger charge is -2.17. The van der Waals surface area contributed by atoms with Crippen molar-refractivity contribution in [2.45, 2.75) is 25.9 Å². The minimum Gasteiger partial charge on any atom is -0.336 e. The SMILES string of the molecule is Cc1ccc(NC(=O)CN(C)C(=O)CSc2nnc(C)n2-c2ccccc2C)cc1. The Kier molecular flexibility index (Phi) is 6.89. The molecule has 7 nitrogen and oxygen atoms in total. The molecule has 0 fully saturated rings. The van der Waals surface area contributed by atoms with Crippen LogP contribution in [0.1, 0.15) is 17.0 Å². The number of thioether (sulfide) groups is 1. The summed E-state index contributed by atoms with van der Waals surface area (Å²) in [4.78, 5) is 26.2. The second kappa shape index (κ2) is 9.58. The fourth-order valence-electron chi connectivity index (χ4n) is 2.91. The van der Waals surface area contributed by atoms with Crippen molar-refractivity contribution in [3.05, 3.63) is 65.5 Å². The van der Waals surface area contributed by atoms with E-state index in [1.54, 1.807) is 7.05 Å². The van der Waals surface area contributed by atoms with Crippen LogP contribution in [0.25, 0.3) is 5.69 Å². The van der Waals surface area contributed by atoms with Crippen LogP contribution in [0.5, 0.6) is 0 Å². The lowest BCUT2D eigenvalue weighted by atomic mass is 10.2. The van der Waals surface area contributed by atoms with E-state index >= 15 is 0 Å². The van der Waals surface area contributed by atoms with Crippen molar-refractivity contribution in [2.24, 2.45) is 0 Å². The molecule has 0 unspecified atom stereocenters. The maximum atomic E-state index is 12.5. The Balaban J connectivity index is 1.58. The molecule has 1 N–H and O–H groups in total. The molecule has 0 radical (unpaired) electrons. The van der Waals surface area contributed by atoms with Gasteiger partial charge in [0.1, 0.15) is 5.82 Å². The van der Waals surface area contributed by atoms with Crippen LogP contribution in [-0.4, -0.2) is 50.8 Å². The molecule has 0 bridgehead atoms. The standard InChI is InChI=1S/C22H25N5O2S/c1-15-9-11-18(12-10-15)23-20(28)13-26(4)21(29)14-30-22-25-24-17(3)27(22)19-8-6-5-7-16(19)2/h5-12H,13-14H2,1-4H3,(H,23,28). The molecule has 0 saturated heterocycles. The van der Waals surface area contributed by atoms with Gasteiger partial charge in [-0.25, -0.2) is 0 Å². The van der Waals surface area contributed by atoms with Gasteiger partial charge in [-0.1, -0.05) is 47.7 Å². The number of carbonyl (C=O) groups excluding carboxylic acids is 2. The Bertz CT molecular complexity index is 1050. The van der Waals surface area contributed by atoms with E-state index in [2.05, 4.69) is 15.5 Å². The van der Waals surface area contributed by atoms with E-state index in [-0.39, 0.29) is 24.1 Å². The van der Waals surface area contributed by atoms with E-state index in [0.29, 0.717) is 10.8 Å². The Labute approximate surface area is 180 Å². The summed E-state index contributed by atoms with van der Waals surface area (Å²) >= 11 is 1.31. The maximum absolute atomic E-state index is 12.5. The van der Waals surface area contributed by atoms with Gasteiger partial charge in [0.2, 0.25) is 11.8 Å². The first-order valence-electron chi connectivity index (χ1n) is 9.56. The summed E-state index contributed by atoms with van der Waals surface area (Å²) in [5, 5.41) is 11.8. The molecular weight excluding hydrogens is 398 g/mol. The van der Waals surface area contributed by atoms with Crippen LogP contribution < -0.4 is 5.32 Å². The predicted octanol–water partition coefficient (Wildman–Crippen LogP) is 3.38. The Morgan fingerprint density at radius 3 is 2.43 bits per heavy atom. The quantitative estimate of drug-likeness (QED) is 0.589. The number of aromatic nitrogens is 3. The predicted molar refractivity (Wildman–Crippen MR) is 119 cm³/mol. The van der Waals surface area contributed by atoms with E-state index in [0.717, 1.165) is 22.6 Å². The zero-order valence-corrected chi connectivity index (χ0v) is 18.4. The molecule has 0 aliphatic heterocycles. The first-order chi connectivity index (χ1) is 14.3. The zero-order chi connectivity index (χ0) is 21.7. The molecule has 8 heteroatoms. The van der Waals surface area contributed by atoms with Crippen LogP contribution in [0.4, 0.5) is 5.69 Å². The van der Waals surface area contributed by atoms with Gasteiger partial charge in [0.15, 0.2) is 5.16 Å². The Hall–Kier alpha value is -3.13. The minimum absolute atomic E-state index is 0.0171. The average molecular weight is 424 g/mol. The van der Waals surface area contributed by atoms with Crippen molar-refractivity contribution in [2.75, 3.05) is 24.7 Å². The average Bonchev–Trinajstić information content (AvgIpc) is 3.08. The summed E-state index contributed by atoms with van der Waals surface area (Å²) in [6.45, 7) is 5.87. The van der Waals surface area contributed by atoms with Gasteiger partial charge >= 0.3 is 0 Å². The van der Waals surface area contributed by atoms with Crippen molar-refractivity contribution < 1.29 is 9.59 Å². The van der Waals surface area contributed by atoms with Crippen LogP contribution in [0.3, 0.4) is 0 Å². The third-order valence-corrected chi connectivity index (χ3v) is 5.53. The van der Waals surface area contributed by atoms with E-state index in [9.17, 15) is 9.59 Å². The third kappa shape index (κ3) is 5.27. The summed E-state index contributed by atoms with van der Waals surface area (Å²) < 4.78 is 1.94. The molecule has 3 rings (SSSR count). The number of aryl methyl sites for hydroxylation is 3. The highest BCUT2D eigenvalue weighted by Gasteiger charge is 2.17. The van der Waals surface area contributed by atoms with Crippen molar-refractivity contribution >= 4 is 29.3 Å². The molecule has 1 heterocycles. The first kappa shape index (κ1) is 21.6. The fraction of sp³-hybridized carbons (Fsp3) is 0.273. The van der Waals surface area contributed by atoms with Crippen LogP contribution in [-0.2, 0) is 9.59 Å². The van der Waals surface area contributed by atoms with Crippen LogP contribution in [0.2, 0.25) is 0 Å². The molecular formula is C22H25N5O2S. The smallest absolute Gasteiger partial charge is 0.243 e. The van der Waals surface area contributed by atoms with E-state index in [1.807, 2.05) is 73.9 Å². The number of benzene rings is 2. The molecule has 3 aromatic rings. The molecule has 0 atom stereocenters. The van der Waals surface area contributed by atoms with Gasteiger partial charge in [0.25, 0.3) is 0 Å². The third-order valence-electron chi connectivity index (χ3n) is 4.62. The van der Waals surface area contributed by atoms with Gasteiger partial charge in [-0.05, 0) is 44.5 Å². The largest absolute Gasteiger partial charge is 0.336 e. The number of nitrogens with one attached hydrogen (secondary N) is 1. The number of nitrogens with zero attached hydrogens (tertiary/aromatic N) is 4. The monoisotopic (exact) mass is 423 g/mol. The summed E-state index contributed by atoms with van der Waals surface area (Å²) in [5.41, 5.74) is 3.91. The molecule has 0 aliphatic rings. The number of amides is 2. The topological polar surface area (TPSA) is 80.1 Å². The summed E-state index contributed by atoms with van der Waals surface area (Å²) in [6, 6.07) is 15.5. The van der Waals surface area contributed by atoms with E-state index in [1.165, 1.54) is 16.7 Å². The van der Waals surface area contributed by atoms with E-state index in [4.69, 9.17) is 0 Å². The van der Waals surface area contributed by atoms with Gasteiger partial charge in [-0.15, -0.1) is 10.2 Å². The number of carbonyl (C=O) groups is 2. The number of hydrogen-bond acceptors (Lipinski definition) is 5. The Morgan fingerprint density at radius 1 is 1.03 bits per heavy atom. The molecule has 2 amide bonds. The highest BCUT2D eigenvalue weighted by atomic mass is 32.2. The minimum atomic E-state index is -0.237. The molecule has 0 spiro atoms. The van der Waals surface area contributed by atoms with E-state index < -0.39 is 0 Å². The zero-order valence-electron chi connectivity index (χ0n) is 17.5. The van der Waals surface area contributed by atoms with Crippen LogP contribution in [0, 0.1) is 20.8 Å². The maximum Gasteiger partial charge on any atom is 0.243 e. The number of rotatable bonds is 7. The highest BCUT2D eigenvalue weighted by Crippen LogP contribution is 2.24. The molecule has 30 heavy (non-hydrogen) atoms. The van der Waals surface area contributed by atoms with Gasteiger partial charge in [0, 0.05) is 12.7 Å². The molecule has 0 saturated carbocycles. The molecule has 0 aliphatic carbocycles. The van der Waals surface area contributed by atoms with Crippen LogP contribution in [0.15, 0.2) is 53.7 Å². The van der Waals surface area contributed by atoms with Crippen molar-refractivity contribution in [3.63, 3.8) is 0 Å². The van der Waals surface area contributed by atoms with Crippen molar-refractivity contribution in [1.82, 2.24) is 19.7 Å². The summed E-state index contributed by atoms with van der Waals surface area (Å²) in [6.07, 6.45) is 0. The van der Waals surface area contributed by atoms with Gasteiger partial charge in [-0.2, -0.15) is 0 Å². The molecule has 1 aromatic heterocycles. The normalized spacial score (nSPS) is 10.7. The van der Waals surface area contributed by atoms with Crippen LogP contribution >= 0.6 is 11.8 Å². The number of para-hydroxylation sites is 1. The number of anilines is 1. The lowest BCUT2D eigenvalue weighted by molar-refractivity contribution is -0.131. The fourth-order valence-corrected chi connectivity index (χ4v) is 3.84. The summed E-state index contributed by atoms with van der Waals surface area (Å²) in [7, 11) is 1.62. The van der Waals surface area contributed by atoms with Crippen molar-refractivity contribution in [3.8, 4) is 5.69 Å². The second-order valence-corrected chi connectivity index (χ2v) is 8.05. The van der Waals surface area contributed by atoms with Gasteiger partial charge in [-0.3, -0.25) is 14.2 Å². The molecule has 2 aromatic carbocycles. The number of likely N-dealkylation sites (N-methyl/N-ethyl adjacent to an activating group) is 1. The van der Waals surface area contributed by atoms with Crippen molar-refractivity contribution in [1.29, 1.82) is 0 Å². The first-order valence-corrected chi connectivity index (χ1v) is 10.5. The van der Waals surface area contributed by atoms with Gasteiger partial charge < -0.3 is 10.2 Å². The second-order valence-electron chi connectivity index (χ2n) is 7.10. The summed E-state index contributed by atoms with van der Waals surface area (Å²) in [5.74, 6) is 0.526. The highest BCUT2D eigenvalue weighted by molar-refractivity contribution is 7.99. The van der Waals surface area contributed by atoms with Gasteiger partial charge in [0.05, 0.1) is 18.0 Å². The molecule has 156 valence electrons.